The van der Waals surface area contributed by atoms with E-state index in [2.05, 4.69) is 20.6 Å². The van der Waals surface area contributed by atoms with Crippen LogP contribution in [0.3, 0.4) is 0 Å². The van der Waals surface area contributed by atoms with Crippen LogP contribution in [0.15, 0.2) is 20.6 Å². The van der Waals surface area contributed by atoms with E-state index in [1.807, 2.05) is 0 Å². The fourth-order valence-electron chi connectivity index (χ4n) is 0.677. The second kappa shape index (κ2) is 5.51. The number of nitrogens with zero attached hydrogens (tertiary/aromatic N) is 4. The van der Waals surface area contributed by atoms with E-state index in [4.69, 9.17) is 20.8 Å². The molecule has 4 N–H and O–H groups in total. The van der Waals surface area contributed by atoms with Gasteiger partial charge in [0.1, 0.15) is 11.4 Å². The molecule has 0 aromatic rings. The third-order valence-corrected chi connectivity index (χ3v) is 1.41. The van der Waals surface area contributed by atoms with Crippen molar-refractivity contribution in [3.05, 3.63) is 0 Å². The largest absolute Gasteiger partial charge is 0.411 e. The maximum atomic E-state index is 8.54. The molecule has 78 valence electrons. The molecule has 0 fully saturated rings. The molecule has 0 unspecified atom stereocenters. The zero-order valence-electron chi connectivity index (χ0n) is 7.58. The molecule has 0 aliphatic rings. The van der Waals surface area contributed by atoms with E-state index in [0.717, 1.165) is 0 Å². The summed E-state index contributed by atoms with van der Waals surface area (Å²) in [7, 11) is 0. The highest BCUT2D eigenvalue weighted by Gasteiger charge is 2.18. The van der Waals surface area contributed by atoms with Crippen molar-refractivity contribution < 1.29 is 20.8 Å². The maximum Gasteiger partial charge on any atom is 0.158 e. The van der Waals surface area contributed by atoms with Crippen molar-refractivity contribution in [2.24, 2.45) is 20.6 Å². The van der Waals surface area contributed by atoms with Crippen molar-refractivity contribution in [3.8, 4) is 0 Å². The molecule has 0 amide bonds. The summed E-state index contributed by atoms with van der Waals surface area (Å²) in [5.41, 5.74) is -0.790. The Hall–Kier alpha value is -2.12. The third kappa shape index (κ3) is 2.44. The molecule has 0 saturated carbocycles. The van der Waals surface area contributed by atoms with Crippen LogP contribution in [0.5, 0.6) is 0 Å². The van der Waals surface area contributed by atoms with E-state index >= 15 is 0 Å². The summed E-state index contributed by atoms with van der Waals surface area (Å²) in [5, 5.41) is 44.8. The van der Waals surface area contributed by atoms with Gasteiger partial charge in [-0.15, -0.1) is 0 Å². The summed E-state index contributed by atoms with van der Waals surface area (Å²) in [5.74, 6) is 0. The zero-order valence-corrected chi connectivity index (χ0v) is 7.58. The van der Waals surface area contributed by atoms with Crippen molar-refractivity contribution in [2.45, 2.75) is 13.8 Å². The topological polar surface area (TPSA) is 130 Å². The van der Waals surface area contributed by atoms with Gasteiger partial charge in [-0.2, -0.15) is 0 Å². The van der Waals surface area contributed by atoms with Gasteiger partial charge in [0.2, 0.25) is 0 Å². The van der Waals surface area contributed by atoms with E-state index in [1.165, 1.54) is 13.8 Å². The molecule has 0 atom stereocenters. The predicted molar refractivity (Wildman–Crippen MR) is 48.2 cm³/mol. The molecule has 0 aromatic heterocycles. The van der Waals surface area contributed by atoms with Gasteiger partial charge in [0, 0.05) is 0 Å². The molecule has 0 spiro atoms. The van der Waals surface area contributed by atoms with Gasteiger partial charge in [-0.3, -0.25) is 0 Å². The first-order valence-corrected chi connectivity index (χ1v) is 3.44. The van der Waals surface area contributed by atoms with Crippen molar-refractivity contribution in [1.29, 1.82) is 0 Å². The Labute approximate surface area is 79.1 Å². The average Bonchev–Trinajstić information content (AvgIpc) is 2.23. The van der Waals surface area contributed by atoms with Gasteiger partial charge in [0.05, 0.1) is 0 Å². The normalized spacial score (nSPS) is 15.9. The Morgan fingerprint density at radius 2 is 0.929 bits per heavy atom. The van der Waals surface area contributed by atoms with Gasteiger partial charge in [-0.05, 0) is 13.8 Å². The van der Waals surface area contributed by atoms with Crippen LogP contribution in [0.4, 0.5) is 0 Å². The minimum Gasteiger partial charge on any atom is -0.411 e. The van der Waals surface area contributed by atoms with Gasteiger partial charge in [0.15, 0.2) is 11.4 Å². The Kier molecular flexibility index (Phi) is 4.68. The van der Waals surface area contributed by atoms with Crippen LogP contribution >= 0.6 is 0 Å². The van der Waals surface area contributed by atoms with Gasteiger partial charge < -0.3 is 20.8 Å². The van der Waals surface area contributed by atoms with Gasteiger partial charge in [0.25, 0.3) is 0 Å². The Morgan fingerprint density at radius 3 is 1.07 bits per heavy atom. The summed E-state index contributed by atoms with van der Waals surface area (Å²) in [4.78, 5) is 0. The van der Waals surface area contributed by atoms with Crippen molar-refractivity contribution >= 4 is 22.8 Å². The molecule has 0 heterocycles. The molecule has 0 radical (unpaired) electrons. The monoisotopic (exact) mass is 202 g/mol. The fraction of sp³-hybridized carbons (Fsp3) is 0.333. The van der Waals surface area contributed by atoms with E-state index in [9.17, 15) is 0 Å². The minimum absolute atomic E-state index is 0.0942. The van der Waals surface area contributed by atoms with E-state index in [0.29, 0.717) is 0 Å². The lowest BCUT2D eigenvalue weighted by molar-refractivity contribution is 0.310. The Morgan fingerprint density at radius 1 is 0.643 bits per heavy atom. The van der Waals surface area contributed by atoms with Crippen LogP contribution in [0, 0.1) is 0 Å². The smallest absolute Gasteiger partial charge is 0.158 e. The molecular weight excluding hydrogens is 192 g/mol. The van der Waals surface area contributed by atoms with Crippen molar-refractivity contribution in [1.82, 2.24) is 0 Å². The molecule has 0 aliphatic carbocycles. The summed E-state index contributed by atoms with van der Waals surface area (Å²) in [6.45, 7) is 2.62. The summed E-state index contributed by atoms with van der Waals surface area (Å²) in [6.07, 6.45) is 0. The number of hydrogen-bond acceptors (Lipinski definition) is 8. The van der Waals surface area contributed by atoms with Gasteiger partial charge in [-0.25, -0.2) is 0 Å². The lowest BCUT2D eigenvalue weighted by Crippen LogP contribution is -2.28. The van der Waals surface area contributed by atoms with Crippen LogP contribution in [0.1, 0.15) is 13.8 Å². The molecule has 14 heavy (non-hydrogen) atoms. The van der Waals surface area contributed by atoms with Crippen molar-refractivity contribution in [2.75, 3.05) is 0 Å². The number of oxime groups is 4. The highest BCUT2D eigenvalue weighted by atomic mass is 16.4. The quantitative estimate of drug-likeness (QED) is 0.298. The van der Waals surface area contributed by atoms with Crippen molar-refractivity contribution in [3.63, 3.8) is 0 Å². The molecule has 0 rings (SSSR count). The SMILES string of the molecule is CC(=N/O)/C(=N\O)C(=N/O)/C(C)=N\O. The lowest BCUT2D eigenvalue weighted by atomic mass is 10.1. The van der Waals surface area contributed by atoms with Crippen LogP contribution in [-0.2, 0) is 0 Å². The van der Waals surface area contributed by atoms with Gasteiger partial charge in [-0.1, -0.05) is 20.6 Å². The third-order valence-electron chi connectivity index (χ3n) is 1.41. The van der Waals surface area contributed by atoms with Crippen LogP contribution < -0.4 is 0 Å². The second-order valence-electron chi connectivity index (χ2n) is 2.27. The summed E-state index contributed by atoms with van der Waals surface area (Å²) < 4.78 is 0. The molecular formula is C6H10N4O4. The Balaban J connectivity index is 5.25. The second-order valence-corrected chi connectivity index (χ2v) is 2.27. The molecule has 8 nitrogen and oxygen atoms in total. The number of hydrogen-bond donors (Lipinski definition) is 4. The van der Waals surface area contributed by atoms with Gasteiger partial charge >= 0.3 is 0 Å². The molecule has 0 bridgehead atoms. The van der Waals surface area contributed by atoms with Crippen LogP contribution in [-0.4, -0.2) is 43.7 Å². The molecule has 0 aromatic carbocycles. The Bertz CT molecular complexity index is 286. The highest BCUT2D eigenvalue weighted by Crippen LogP contribution is 1.93. The fourth-order valence-corrected chi connectivity index (χ4v) is 0.677. The first kappa shape index (κ1) is 11.9. The standard InChI is InChI=1S/C6H10N4O4/c1-3(7-11)5(9-13)6(10-14)4(2)8-12/h11-14H,1-2H3/b7-3-,8-4-,9-5+,10-6+. The number of rotatable bonds is 3. The first-order chi connectivity index (χ1) is 6.62. The van der Waals surface area contributed by atoms with E-state index in [1.54, 1.807) is 0 Å². The molecule has 0 aliphatic heterocycles. The van der Waals surface area contributed by atoms with Crippen LogP contribution in [0.25, 0.3) is 0 Å². The maximum absolute atomic E-state index is 8.54. The lowest BCUT2D eigenvalue weighted by Gasteiger charge is -2.02. The highest BCUT2D eigenvalue weighted by molar-refractivity contribution is 6.82. The zero-order chi connectivity index (χ0) is 11.1. The first-order valence-electron chi connectivity index (χ1n) is 3.44. The average molecular weight is 202 g/mol. The van der Waals surface area contributed by atoms with E-state index in [-0.39, 0.29) is 22.8 Å². The van der Waals surface area contributed by atoms with E-state index < -0.39 is 0 Å². The predicted octanol–water partition coefficient (Wildman–Crippen LogP) is 0.347. The minimum atomic E-state index is -0.301. The molecule has 0 saturated heterocycles. The van der Waals surface area contributed by atoms with Crippen LogP contribution in [0.2, 0.25) is 0 Å². The summed E-state index contributed by atoms with van der Waals surface area (Å²) in [6, 6.07) is 0. The molecule has 8 heteroatoms. The summed E-state index contributed by atoms with van der Waals surface area (Å²) >= 11 is 0.